The Hall–Kier alpha value is -4.83. The number of rotatable bonds is 4. The SMILES string of the molecule is CC.Cc1cncc(-c2ccc(-c3cc(C#N)n(C)n3)c3ncnc(N4C[C@@H](C)N(C(=O)C5CC[C@@H]5C#N)C[C@@H]4C)c23)c1. The van der Waals surface area contributed by atoms with Gasteiger partial charge in [-0.05, 0) is 56.9 Å². The third kappa shape index (κ3) is 5.30. The van der Waals surface area contributed by atoms with Crippen LogP contribution in [0.5, 0.6) is 0 Å². The van der Waals surface area contributed by atoms with Crippen LogP contribution in [-0.4, -0.2) is 60.7 Å². The van der Waals surface area contributed by atoms with E-state index in [0.717, 1.165) is 51.8 Å². The highest BCUT2D eigenvalue weighted by Gasteiger charge is 2.43. The van der Waals surface area contributed by atoms with Crippen molar-refractivity contribution in [3.8, 4) is 34.5 Å². The van der Waals surface area contributed by atoms with Crippen molar-refractivity contribution in [2.24, 2.45) is 18.9 Å². The van der Waals surface area contributed by atoms with Crippen molar-refractivity contribution in [1.29, 1.82) is 10.5 Å². The minimum absolute atomic E-state index is 0.0129. The number of nitrogens with zero attached hydrogens (tertiary/aromatic N) is 9. The zero-order chi connectivity index (χ0) is 30.8. The molecule has 0 radical (unpaired) electrons. The van der Waals surface area contributed by atoms with Gasteiger partial charge < -0.3 is 9.80 Å². The van der Waals surface area contributed by atoms with Gasteiger partial charge in [-0.1, -0.05) is 19.9 Å². The summed E-state index contributed by atoms with van der Waals surface area (Å²) in [4.78, 5) is 31.6. The van der Waals surface area contributed by atoms with Crippen LogP contribution in [0.3, 0.4) is 0 Å². The summed E-state index contributed by atoms with van der Waals surface area (Å²) in [7, 11) is 1.75. The number of carbonyl (C=O) groups is 1. The Morgan fingerprint density at radius 3 is 2.42 bits per heavy atom. The third-order valence-electron chi connectivity index (χ3n) is 8.52. The largest absolute Gasteiger partial charge is 0.349 e. The zero-order valence-corrected chi connectivity index (χ0v) is 25.6. The van der Waals surface area contributed by atoms with E-state index in [4.69, 9.17) is 9.97 Å². The summed E-state index contributed by atoms with van der Waals surface area (Å²) in [6.07, 6.45) is 6.84. The molecule has 2 fully saturated rings. The highest BCUT2D eigenvalue weighted by molar-refractivity contribution is 6.08. The molecular formula is C33H37N9O. The topological polar surface area (TPSA) is 128 Å². The Kier molecular flexibility index (Phi) is 8.40. The van der Waals surface area contributed by atoms with Gasteiger partial charge in [-0.2, -0.15) is 15.6 Å². The van der Waals surface area contributed by atoms with Crippen LogP contribution in [0.1, 0.15) is 51.8 Å². The lowest BCUT2D eigenvalue weighted by molar-refractivity contribution is -0.143. The Labute approximate surface area is 252 Å². The summed E-state index contributed by atoms with van der Waals surface area (Å²) in [6, 6.07) is 12.3. The first kappa shape index (κ1) is 29.7. The summed E-state index contributed by atoms with van der Waals surface area (Å²) in [6.45, 7) is 11.3. The normalized spacial score (nSPS) is 21.3. The van der Waals surface area contributed by atoms with Crippen molar-refractivity contribution in [3.63, 3.8) is 0 Å². The quantitative estimate of drug-likeness (QED) is 0.322. The summed E-state index contributed by atoms with van der Waals surface area (Å²) < 4.78 is 1.57. The van der Waals surface area contributed by atoms with Gasteiger partial charge in [-0.15, -0.1) is 0 Å². The number of nitriles is 2. The fraction of sp³-hybridized carbons (Fsp3) is 0.424. The number of anilines is 1. The maximum absolute atomic E-state index is 13.4. The second kappa shape index (κ2) is 12.2. The van der Waals surface area contributed by atoms with E-state index in [1.807, 2.05) is 50.2 Å². The van der Waals surface area contributed by atoms with Crippen molar-refractivity contribution < 1.29 is 4.79 Å². The molecule has 0 spiro atoms. The summed E-state index contributed by atoms with van der Waals surface area (Å²) in [5.74, 6) is 0.507. The van der Waals surface area contributed by atoms with Gasteiger partial charge >= 0.3 is 0 Å². The molecule has 1 aliphatic carbocycles. The molecule has 1 saturated heterocycles. The van der Waals surface area contributed by atoms with Crippen LogP contribution in [0.25, 0.3) is 33.3 Å². The predicted octanol–water partition coefficient (Wildman–Crippen LogP) is 5.27. The zero-order valence-electron chi connectivity index (χ0n) is 25.6. The average molecular weight is 576 g/mol. The number of carbonyl (C=O) groups excluding carboxylic acids is 1. The monoisotopic (exact) mass is 575 g/mol. The molecule has 1 aromatic carbocycles. The first-order valence-electron chi connectivity index (χ1n) is 14.9. The van der Waals surface area contributed by atoms with Gasteiger partial charge in [0.1, 0.15) is 23.9 Å². The first-order chi connectivity index (χ1) is 20.8. The van der Waals surface area contributed by atoms with Gasteiger partial charge in [-0.3, -0.25) is 14.5 Å². The molecular weight excluding hydrogens is 538 g/mol. The van der Waals surface area contributed by atoms with Crippen molar-refractivity contribution in [2.45, 2.75) is 59.5 Å². The molecule has 4 aromatic rings. The van der Waals surface area contributed by atoms with Crippen molar-refractivity contribution in [2.75, 3.05) is 18.0 Å². The van der Waals surface area contributed by atoms with E-state index in [0.29, 0.717) is 24.5 Å². The van der Waals surface area contributed by atoms with Crippen LogP contribution in [0.15, 0.2) is 43.0 Å². The second-order valence-electron chi connectivity index (χ2n) is 11.2. The number of aromatic nitrogens is 5. The van der Waals surface area contributed by atoms with Gasteiger partial charge in [0.2, 0.25) is 5.91 Å². The van der Waals surface area contributed by atoms with Crippen molar-refractivity contribution >= 4 is 22.6 Å². The van der Waals surface area contributed by atoms with Crippen LogP contribution < -0.4 is 4.90 Å². The molecule has 4 atom stereocenters. The number of hydrogen-bond donors (Lipinski definition) is 0. The molecule has 10 heteroatoms. The lowest BCUT2D eigenvalue weighted by Crippen LogP contribution is -2.60. The van der Waals surface area contributed by atoms with Crippen LogP contribution in [0.2, 0.25) is 0 Å². The van der Waals surface area contributed by atoms with E-state index in [2.05, 4.69) is 47.0 Å². The molecule has 1 unspecified atom stereocenters. The Bertz CT molecular complexity index is 1750. The summed E-state index contributed by atoms with van der Waals surface area (Å²) in [5, 5.41) is 24.4. The maximum atomic E-state index is 13.4. The molecule has 2 aliphatic rings. The fourth-order valence-corrected chi connectivity index (χ4v) is 6.12. The molecule has 0 bridgehead atoms. The molecule has 43 heavy (non-hydrogen) atoms. The number of pyridine rings is 1. The molecule has 1 amide bonds. The lowest BCUT2D eigenvalue weighted by atomic mass is 9.73. The molecule has 220 valence electrons. The molecule has 0 N–H and O–H groups in total. The number of amides is 1. The van der Waals surface area contributed by atoms with E-state index >= 15 is 0 Å². The Morgan fingerprint density at radius 2 is 1.77 bits per heavy atom. The smallest absolute Gasteiger partial charge is 0.227 e. The van der Waals surface area contributed by atoms with Gasteiger partial charge in [-0.25, -0.2) is 9.97 Å². The number of hydrogen-bond acceptors (Lipinski definition) is 8. The predicted molar refractivity (Wildman–Crippen MR) is 166 cm³/mol. The van der Waals surface area contributed by atoms with Gasteiger partial charge in [0, 0.05) is 61.8 Å². The third-order valence-corrected chi connectivity index (χ3v) is 8.52. The second-order valence-corrected chi connectivity index (χ2v) is 11.2. The number of aryl methyl sites for hydroxylation is 2. The fourth-order valence-electron chi connectivity index (χ4n) is 6.12. The minimum Gasteiger partial charge on any atom is -0.349 e. The molecule has 4 heterocycles. The highest BCUT2D eigenvalue weighted by atomic mass is 16.2. The lowest BCUT2D eigenvalue weighted by Gasteiger charge is -2.47. The van der Waals surface area contributed by atoms with E-state index in [1.165, 1.54) is 0 Å². The van der Waals surface area contributed by atoms with Crippen LogP contribution >= 0.6 is 0 Å². The standard InChI is InChI=1S/C31H31N9O.C2H6/c1-18-9-22(14-34-13-18)24-7-8-26(27-10-23(12-33)38(4)37-27)29-28(24)30(36-17-35-29)39-15-20(3)40(16-19(39)2)31(41)25-6-5-21(25)11-32;1-2/h7-10,13-14,17,19-21,25H,5-6,15-16H2,1-4H3;1-2H3/t19-,20+,21+,25?;/m0./s1. The molecule has 6 rings (SSSR count). The Balaban J connectivity index is 0.00000180. The molecule has 10 nitrogen and oxygen atoms in total. The van der Waals surface area contributed by atoms with Crippen LogP contribution in [0, 0.1) is 41.4 Å². The number of piperazine rings is 1. The molecule has 1 aliphatic heterocycles. The van der Waals surface area contributed by atoms with Crippen LogP contribution in [0.4, 0.5) is 5.82 Å². The van der Waals surface area contributed by atoms with Crippen molar-refractivity contribution in [1.82, 2.24) is 29.6 Å². The number of fused-ring (bicyclic) bond motifs is 1. The van der Waals surface area contributed by atoms with E-state index in [-0.39, 0.29) is 29.8 Å². The van der Waals surface area contributed by atoms with E-state index in [9.17, 15) is 15.3 Å². The minimum atomic E-state index is -0.194. The van der Waals surface area contributed by atoms with E-state index < -0.39 is 0 Å². The van der Waals surface area contributed by atoms with Gasteiger partial charge in [0.05, 0.1) is 34.5 Å². The Morgan fingerprint density at radius 1 is 1.00 bits per heavy atom. The first-order valence-corrected chi connectivity index (χ1v) is 14.9. The summed E-state index contributed by atoms with van der Waals surface area (Å²) in [5.41, 5.74) is 5.63. The molecule has 3 aromatic heterocycles. The molecule has 1 saturated carbocycles. The van der Waals surface area contributed by atoms with Gasteiger partial charge in [0.25, 0.3) is 0 Å². The summed E-state index contributed by atoms with van der Waals surface area (Å²) >= 11 is 0. The van der Waals surface area contributed by atoms with E-state index in [1.54, 1.807) is 24.1 Å². The average Bonchev–Trinajstić information content (AvgIpc) is 3.38. The highest BCUT2D eigenvalue weighted by Crippen LogP contribution is 2.41. The van der Waals surface area contributed by atoms with Gasteiger partial charge in [0.15, 0.2) is 0 Å². The number of benzene rings is 1. The van der Waals surface area contributed by atoms with Crippen molar-refractivity contribution in [3.05, 3.63) is 54.2 Å². The van der Waals surface area contributed by atoms with Crippen LogP contribution in [-0.2, 0) is 11.8 Å². The maximum Gasteiger partial charge on any atom is 0.227 e.